The van der Waals surface area contributed by atoms with Gasteiger partial charge in [0, 0.05) is 47.6 Å². The number of nitrogens with zero attached hydrogens (tertiary/aromatic N) is 1. The molecule has 2 aliphatic rings. The lowest BCUT2D eigenvalue weighted by molar-refractivity contribution is -0.134. The molecule has 0 radical (unpaired) electrons. The second-order valence-electron chi connectivity index (χ2n) is 5.11. The zero-order valence-corrected chi connectivity index (χ0v) is 11.6. The van der Waals surface area contributed by atoms with Crippen molar-refractivity contribution in [2.75, 3.05) is 36.5 Å². The van der Waals surface area contributed by atoms with Gasteiger partial charge in [-0.25, -0.2) is 0 Å². The van der Waals surface area contributed by atoms with Crippen LogP contribution in [0.25, 0.3) is 0 Å². The Morgan fingerprint density at radius 1 is 1.26 bits per heavy atom. The van der Waals surface area contributed by atoms with Crippen molar-refractivity contribution in [3.63, 3.8) is 0 Å². The van der Waals surface area contributed by atoms with Crippen LogP contribution in [0.2, 0.25) is 0 Å². The Morgan fingerprint density at radius 2 is 2.00 bits per heavy atom. The molecule has 1 aromatic carbocycles. The first-order chi connectivity index (χ1) is 9.24. The molecule has 1 N–H and O–H groups in total. The maximum Gasteiger partial charge on any atom is 0.227 e. The van der Waals surface area contributed by atoms with E-state index in [1.54, 1.807) is 0 Å². The smallest absolute Gasteiger partial charge is 0.227 e. The standard InChI is InChI=1S/C14H18N2O2S/c17-14(16-5-7-19(18)8-6-16)12-9-11-3-1-2-4-13(11)15-10-12/h1-4,12,15H,5-10H2. The van der Waals surface area contributed by atoms with Crippen molar-refractivity contribution in [2.24, 2.45) is 5.92 Å². The van der Waals surface area contributed by atoms with Crippen LogP contribution in [0.5, 0.6) is 0 Å². The average Bonchev–Trinajstić information content (AvgIpc) is 2.47. The Balaban J connectivity index is 1.67. The van der Waals surface area contributed by atoms with Gasteiger partial charge in [-0.05, 0) is 18.1 Å². The van der Waals surface area contributed by atoms with Crippen LogP contribution in [0.3, 0.4) is 0 Å². The Bertz CT molecular complexity index is 508. The predicted molar refractivity (Wildman–Crippen MR) is 76.6 cm³/mol. The van der Waals surface area contributed by atoms with Gasteiger partial charge in [0.15, 0.2) is 0 Å². The van der Waals surface area contributed by atoms with E-state index in [0.717, 1.165) is 12.1 Å². The highest BCUT2D eigenvalue weighted by atomic mass is 32.2. The number of fused-ring (bicyclic) bond motifs is 1. The Kier molecular flexibility index (Phi) is 3.55. The van der Waals surface area contributed by atoms with Crippen molar-refractivity contribution >= 4 is 22.4 Å². The molecule has 19 heavy (non-hydrogen) atoms. The van der Waals surface area contributed by atoms with Crippen LogP contribution in [0, 0.1) is 5.92 Å². The summed E-state index contributed by atoms with van der Waals surface area (Å²) in [5.41, 5.74) is 2.36. The van der Waals surface area contributed by atoms with E-state index in [0.29, 0.717) is 31.1 Å². The lowest BCUT2D eigenvalue weighted by atomic mass is 9.93. The molecule has 1 atom stereocenters. The molecule has 0 bridgehead atoms. The molecule has 1 fully saturated rings. The number of anilines is 1. The maximum absolute atomic E-state index is 12.5. The maximum atomic E-state index is 12.5. The van der Waals surface area contributed by atoms with E-state index in [2.05, 4.69) is 17.4 Å². The molecule has 4 nitrogen and oxygen atoms in total. The number of rotatable bonds is 1. The molecular weight excluding hydrogens is 260 g/mol. The molecular formula is C14H18N2O2S. The van der Waals surface area contributed by atoms with E-state index in [1.165, 1.54) is 5.56 Å². The molecule has 1 saturated heterocycles. The van der Waals surface area contributed by atoms with Crippen molar-refractivity contribution in [1.29, 1.82) is 0 Å². The Hall–Kier alpha value is -1.36. The third kappa shape index (κ3) is 2.66. The second kappa shape index (κ2) is 5.33. The summed E-state index contributed by atoms with van der Waals surface area (Å²) in [5.74, 6) is 1.48. The number of para-hydroxylation sites is 1. The summed E-state index contributed by atoms with van der Waals surface area (Å²) in [7, 11) is -0.728. The first-order valence-electron chi connectivity index (χ1n) is 6.69. The fraction of sp³-hybridized carbons (Fsp3) is 0.500. The van der Waals surface area contributed by atoms with E-state index in [-0.39, 0.29) is 11.8 Å². The third-order valence-electron chi connectivity index (χ3n) is 3.86. The van der Waals surface area contributed by atoms with Crippen LogP contribution in [-0.4, -0.2) is 46.2 Å². The fourth-order valence-electron chi connectivity index (χ4n) is 2.73. The van der Waals surface area contributed by atoms with E-state index in [4.69, 9.17) is 0 Å². The van der Waals surface area contributed by atoms with E-state index >= 15 is 0 Å². The summed E-state index contributed by atoms with van der Waals surface area (Å²) in [4.78, 5) is 14.3. The first-order valence-corrected chi connectivity index (χ1v) is 8.18. The summed E-state index contributed by atoms with van der Waals surface area (Å²) in [6.07, 6.45) is 0.807. The number of carbonyl (C=O) groups is 1. The van der Waals surface area contributed by atoms with Crippen molar-refractivity contribution in [3.8, 4) is 0 Å². The summed E-state index contributed by atoms with van der Waals surface area (Å²) < 4.78 is 11.3. The Morgan fingerprint density at radius 3 is 2.79 bits per heavy atom. The average molecular weight is 278 g/mol. The van der Waals surface area contributed by atoms with Gasteiger partial charge in [-0.15, -0.1) is 0 Å². The molecule has 1 aromatic rings. The second-order valence-corrected chi connectivity index (χ2v) is 6.81. The fourth-order valence-corrected chi connectivity index (χ4v) is 3.78. The molecule has 3 rings (SSSR count). The van der Waals surface area contributed by atoms with Crippen LogP contribution in [0.15, 0.2) is 24.3 Å². The minimum atomic E-state index is -0.728. The predicted octanol–water partition coefficient (Wildman–Crippen LogP) is 0.862. The van der Waals surface area contributed by atoms with Crippen LogP contribution >= 0.6 is 0 Å². The number of carbonyl (C=O) groups excluding carboxylic acids is 1. The highest BCUT2D eigenvalue weighted by Crippen LogP contribution is 2.25. The van der Waals surface area contributed by atoms with Gasteiger partial charge in [0.1, 0.15) is 0 Å². The molecule has 2 aliphatic heterocycles. The van der Waals surface area contributed by atoms with E-state index < -0.39 is 10.8 Å². The highest BCUT2D eigenvalue weighted by molar-refractivity contribution is 7.85. The normalized spacial score (nSPS) is 23.6. The zero-order chi connectivity index (χ0) is 13.2. The SMILES string of the molecule is O=C(C1CNc2ccccc2C1)N1CCS(=O)CC1. The Labute approximate surface area is 115 Å². The molecule has 0 aliphatic carbocycles. The lowest BCUT2D eigenvalue weighted by Crippen LogP contribution is -2.47. The summed E-state index contributed by atoms with van der Waals surface area (Å²) >= 11 is 0. The lowest BCUT2D eigenvalue weighted by Gasteiger charge is -2.32. The molecule has 0 saturated carbocycles. The number of nitrogens with one attached hydrogen (secondary N) is 1. The van der Waals surface area contributed by atoms with Crippen molar-refractivity contribution < 1.29 is 9.00 Å². The van der Waals surface area contributed by atoms with Crippen LogP contribution in [-0.2, 0) is 22.0 Å². The number of benzene rings is 1. The number of amides is 1. The van der Waals surface area contributed by atoms with Gasteiger partial charge in [0.05, 0.1) is 5.92 Å². The molecule has 2 heterocycles. The summed E-state index contributed by atoms with van der Waals surface area (Å²) in [6.45, 7) is 1.99. The van der Waals surface area contributed by atoms with Gasteiger partial charge in [-0.1, -0.05) is 18.2 Å². The first kappa shape index (κ1) is 12.7. The van der Waals surface area contributed by atoms with Crippen molar-refractivity contribution in [1.82, 2.24) is 4.90 Å². The van der Waals surface area contributed by atoms with Gasteiger partial charge in [0.25, 0.3) is 0 Å². The van der Waals surface area contributed by atoms with Gasteiger partial charge in [0.2, 0.25) is 5.91 Å². The minimum absolute atomic E-state index is 0.0152. The van der Waals surface area contributed by atoms with Crippen LogP contribution in [0.4, 0.5) is 5.69 Å². The number of hydrogen-bond donors (Lipinski definition) is 1. The quantitative estimate of drug-likeness (QED) is 0.829. The minimum Gasteiger partial charge on any atom is -0.384 e. The van der Waals surface area contributed by atoms with Gasteiger partial charge in [-0.2, -0.15) is 0 Å². The van der Waals surface area contributed by atoms with Crippen LogP contribution < -0.4 is 5.32 Å². The molecule has 5 heteroatoms. The molecule has 0 aromatic heterocycles. The van der Waals surface area contributed by atoms with E-state index in [1.807, 2.05) is 17.0 Å². The molecule has 1 amide bonds. The number of hydrogen-bond acceptors (Lipinski definition) is 3. The zero-order valence-electron chi connectivity index (χ0n) is 10.8. The topological polar surface area (TPSA) is 49.4 Å². The van der Waals surface area contributed by atoms with Gasteiger partial charge >= 0.3 is 0 Å². The van der Waals surface area contributed by atoms with E-state index in [9.17, 15) is 9.00 Å². The summed E-state index contributed by atoms with van der Waals surface area (Å²) in [5, 5.41) is 3.33. The van der Waals surface area contributed by atoms with Crippen molar-refractivity contribution in [2.45, 2.75) is 6.42 Å². The highest BCUT2D eigenvalue weighted by Gasteiger charge is 2.29. The molecule has 0 spiro atoms. The summed E-state index contributed by atoms with van der Waals surface area (Å²) in [6, 6.07) is 8.15. The third-order valence-corrected chi connectivity index (χ3v) is 5.14. The van der Waals surface area contributed by atoms with Crippen molar-refractivity contribution in [3.05, 3.63) is 29.8 Å². The molecule has 1 unspecified atom stereocenters. The van der Waals surface area contributed by atoms with Gasteiger partial charge < -0.3 is 10.2 Å². The van der Waals surface area contributed by atoms with Crippen LogP contribution in [0.1, 0.15) is 5.56 Å². The largest absolute Gasteiger partial charge is 0.384 e. The monoisotopic (exact) mass is 278 g/mol. The molecule has 102 valence electrons. The van der Waals surface area contributed by atoms with Gasteiger partial charge in [-0.3, -0.25) is 9.00 Å².